The van der Waals surface area contributed by atoms with E-state index in [9.17, 15) is 0 Å². The van der Waals surface area contributed by atoms with Gasteiger partial charge in [-0.3, -0.25) is 0 Å². The van der Waals surface area contributed by atoms with Crippen molar-refractivity contribution >= 4 is 15.9 Å². The number of unbranched alkanes of at least 4 members (excludes halogenated alkanes) is 1. The van der Waals surface area contributed by atoms with Gasteiger partial charge in [0.25, 0.3) is 0 Å². The maximum atomic E-state index is 3.49. The van der Waals surface area contributed by atoms with Crippen LogP contribution in [0.5, 0.6) is 0 Å². The third-order valence-electron chi connectivity index (χ3n) is 2.44. The second-order valence-corrected chi connectivity index (χ2v) is 4.46. The normalized spacial score (nSPS) is 17.2. The molecule has 0 saturated heterocycles. The lowest BCUT2D eigenvalue weighted by molar-refractivity contribution is 0.261. The monoisotopic (exact) mass is 233 g/mol. The molecule has 0 aromatic carbocycles. The van der Waals surface area contributed by atoms with Gasteiger partial charge in [-0.15, -0.1) is 0 Å². The van der Waals surface area contributed by atoms with E-state index in [1.54, 1.807) is 0 Å². The quantitative estimate of drug-likeness (QED) is 0.612. The van der Waals surface area contributed by atoms with Gasteiger partial charge in [-0.25, -0.2) is 0 Å². The Balaban J connectivity index is 2.09. The summed E-state index contributed by atoms with van der Waals surface area (Å²) in [6.07, 6.45) is 6.91. The Bertz CT molecular complexity index is 104. The van der Waals surface area contributed by atoms with E-state index in [-0.39, 0.29) is 0 Å². The minimum Gasteiger partial charge on any atom is -0.300 e. The molecule has 0 spiro atoms. The molecule has 1 rings (SSSR count). The highest BCUT2D eigenvalue weighted by Gasteiger charge is 2.27. The lowest BCUT2D eigenvalue weighted by Crippen LogP contribution is -2.28. The summed E-state index contributed by atoms with van der Waals surface area (Å²) < 4.78 is 0. The van der Waals surface area contributed by atoms with Gasteiger partial charge < -0.3 is 4.90 Å². The first-order chi connectivity index (χ1) is 5.88. The largest absolute Gasteiger partial charge is 0.300 e. The summed E-state index contributed by atoms with van der Waals surface area (Å²) in [5.74, 6) is 0. The molecule has 0 unspecified atom stereocenters. The second kappa shape index (κ2) is 5.98. The summed E-state index contributed by atoms with van der Waals surface area (Å²) in [5, 5.41) is 1.16. The van der Waals surface area contributed by atoms with Crippen LogP contribution in [0, 0.1) is 0 Å². The van der Waals surface area contributed by atoms with Crippen LogP contribution in [0.2, 0.25) is 0 Å². The Labute approximate surface area is 84.6 Å². The van der Waals surface area contributed by atoms with Crippen LogP contribution in [0.4, 0.5) is 0 Å². The molecule has 0 atom stereocenters. The molecule has 0 aromatic rings. The Kier molecular flexibility index (Phi) is 5.24. The molecule has 1 fully saturated rings. The highest BCUT2D eigenvalue weighted by Crippen LogP contribution is 2.27. The molecule has 12 heavy (non-hydrogen) atoms. The van der Waals surface area contributed by atoms with Crippen LogP contribution in [-0.2, 0) is 0 Å². The molecular formula is C10H20BrN. The van der Waals surface area contributed by atoms with Crippen LogP contribution in [0.15, 0.2) is 0 Å². The van der Waals surface area contributed by atoms with Gasteiger partial charge in [0.1, 0.15) is 0 Å². The maximum absolute atomic E-state index is 3.49. The molecule has 0 bridgehead atoms. The Morgan fingerprint density at radius 1 is 1.25 bits per heavy atom. The van der Waals surface area contributed by atoms with Gasteiger partial charge in [0.2, 0.25) is 0 Å². The van der Waals surface area contributed by atoms with E-state index in [0.717, 1.165) is 11.4 Å². The third-order valence-corrected chi connectivity index (χ3v) is 3.00. The van der Waals surface area contributed by atoms with Crippen LogP contribution < -0.4 is 0 Å². The predicted octanol–water partition coefficient (Wildman–Crippen LogP) is 3.04. The van der Waals surface area contributed by atoms with Gasteiger partial charge in [-0.2, -0.15) is 0 Å². The molecular weight excluding hydrogens is 214 g/mol. The van der Waals surface area contributed by atoms with Crippen molar-refractivity contribution in [2.45, 2.75) is 45.1 Å². The molecule has 0 amide bonds. The van der Waals surface area contributed by atoms with Gasteiger partial charge in [0, 0.05) is 11.4 Å². The molecule has 1 saturated carbocycles. The van der Waals surface area contributed by atoms with E-state index < -0.39 is 0 Å². The van der Waals surface area contributed by atoms with E-state index in [4.69, 9.17) is 0 Å². The van der Waals surface area contributed by atoms with Crippen LogP contribution >= 0.6 is 15.9 Å². The summed E-state index contributed by atoms with van der Waals surface area (Å²) in [7, 11) is 0. The van der Waals surface area contributed by atoms with E-state index in [1.807, 2.05) is 0 Å². The van der Waals surface area contributed by atoms with Crippen molar-refractivity contribution in [3.63, 3.8) is 0 Å². The predicted molar refractivity (Wildman–Crippen MR) is 57.9 cm³/mol. The van der Waals surface area contributed by atoms with Gasteiger partial charge in [-0.05, 0) is 38.8 Å². The SMILES string of the molecule is CCCCN(CCCBr)C1CC1. The lowest BCUT2D eigenvalue weighted by Gasteiger charge is -2.20. The summed E-state index contributed by atoms with van der Waals surface area (Å²) in [6, 6.07) is 0.954. The minimum atomic E-state index is 0.954. The van der Waals surface area contributed by atoms with E-state index >= 15 is 0 Å². The number of hydrogen-bond donors (Lipinski definition) is 0. The van der Waals surface area contributed by atoms with E-state index in [2.05, 4.69) is 27.8 Å². The van der Waals surface area contributed by atoms with Crippen molar-refractivity contribution in [1.82, 2.24) is 4.90 Å². The zero-order chi connectivity index (χ0) is 8.81. The molecule has 0 aliphatic heterocycles. The average Bonchev–Trinajstić information content (AvgIpc) is 2.88. The lowest BCUT2D eigenvalue weighted by atomic mass is 10.3. The van der Waals surface area contributed by atoms with Crippen LogP contribution in [0.3, 0.4) is 0 Å². The highest BCUT2D eigenvalue weighted by atomic mass is 79.9. The van der Waals surface area contributed by atoms with Crippen molar-refractivity contribution in [2.75, 3.05) is 18.4 Å². The van der Waals surface area contributed by atoms with Crippen LogP contribution in [0.1, 0.15) is 39.0 Å². The van der Waals surface area contributed by atoms with Crippen molar-refractivity contribution in [3.8, 4) is 0 Å². The first kappa shape index (κ1) is 10.5. The first-order valence-electron chi connectivity index (χ1n) is 5.18. The number of rotatable bonds is 7. The van der Waals surface area contributed by atoms with Gasteiger partial charge in [0.15, 0.2) is 0 Å². The average molecular weight is 234 g/mol. The maximum Gasteiger partial charge on any atom is 0.00964 e. The fraction of sp³-hybridized carbons (Fsp3) is 1.00. The fourth-order valence-corrected chi connectivity index (χ4v) is 1.79. The second-order valence-electron chi connectivity index (χ2n) is 3.66. The minimum absolute atomic E-state index is 0.954. The first-order valence-corrected chi connectivity index (χ1v) is 6.30. The van der Waals surface area contributed by atoms with Crippen LogP contribution in [-0.4, -0.2) is 29.4 Å². The molecule has 2 heteroatoms. The van der Waals surface area contributed by atoms with Crippen molar-refractivity contribution < 1.29 is 0 Å². The third kappa shape index (κ3) is 3.90. The van der Waals surface area contributed by atoms with Gasteiger partial charge >= 0.3 is 0 Å². The summed E-state index contributed by atoms with van der Waals surface area (Å²) in [6.45, 7) is 4.90. The summed E-state index contributed by atoms with van der Waals surface area (Å²) in [4.78, 5) is 2.67. The molecule has 1 nitrogen and oxygen atoms in total. The van der Waals surface area contributed by atoms with E-state index in [0.29, 0.717) is 0 Å². The van der Waals surface area contributed by atoms with Crippen molar-refractivity contribution in [2.24, 2.45) is 0 Å². The Hall–Kier alpha value is 0.440. The molecule has 0 aromatic heterocycles. The van der Waals surface area contributed by atoms with Crippen LogP contribution in [0.25, 0.3) is 0 Å². The molecule has 72 valence electrons. The summed E-state index contributed by atoms with van der Waals surface area (Å²) in [5.41, 5.74) is 0. The summed E-state index contributed by atoms with van der Waals surface area (Å²) >= 11 is 3.49. The molecule has 1 aliphatic carbocycles. The van der Waals surface area contributed by atoms with Crippen molar-refractivity contribution in [3.05, 3.63) is 0 Å². The number of alkyl halides is 1. The van der Waals surface area contributed by atoms with Gasteiger partial charge in [0.05, 0.1) is 0 Å². The number of hydrogen-bond acceptors (Lipinski definition) is 1. The smallest absolute Gasteiger partial charge is 0.00964 e. The molecule has 0 radical (unpaired) electrons. The number of halogens is 1. The molecule has 0 heterocycles. The van der Waals surface area contributed by atoms with E-state index in [1.165, 1.54) is 45.2 Å². The van der Waals surface area contributed by atoms with Gasteiger partial charge in [-0.1, -0.05) is 29.3 Å². The topological polar surface area (TPSA) is 3.24 Å². The number of nitrogens with zero attached hydrogens (tertiary/aromatic N) is 1. The Morgan fingerprint density at radius 2 is 1.92 bits per heavy atom. The zero-order valence-electron chi connectivity index (χ0n) is 8.06. The van der Waals surface area contributed by atoms with Crippen molar-refractivity contribution in [1.29, 1.82) is 0 Å². The fourth-order valence-electron chi connectivity index (χ4n) is 1.54. The highest BCUT2D eigenvalue weighted by molar-refractivity contribution is 9.09. The molecule has 1 aliphatic rings. The Morgan fingerprint density at radius 3 is 2.42 bits per heavy atom. The molecule has 0 N–H and O–H groups in total. The zero-order valence-corrected chi connectivity index (χ0v) is 9.65. The standard InChI is InChI=1S/C10H20BrN/c1-2-3-8-12(9-4-7-11)10-5-6-10/h10H,2-9H2,1H3.